The molecule has 0 bridgehead atoms. The van der Waals surface area contributed by atoms with Crippen LogP contribution in [-0.4, -0.2) is 46.2 Å². The summed E-state index contributed by atoms with van der Waals surface area (Å²) in [4.78, 5) is 26.3. The Kier molecular flexibility index (Phi) is 7.34. The Labute approximate surface area is 279 Å². The predicted octanol–water partition coefficient (Wildman–Crippen LogP) is 5.71. The van der Waals surface area contributed by atoms with Gasteiger partial charge in [-0.15, -0.1) is 0 Å². The number of nitrogens with two attached hydrogens (primary N) is 1. The Morgan fingerprint density at radius 1 is 1.15 bits per heavy atom. The molecule has 3 aromatic rings. The number of allylic oxidation sites excluding steroid dienone is 4. The normalized spacial score (nSPS) is 36.5. The van der Waals surface area contributed by atoms with Crippen molar-refractivity contribution in [3.63, 3.8) is 0 Å². The molecule has 4 fully saturated rings. The number of carbonyl (C=O) groups excluding carboxylic acids is 2. The van der Waals surface area contributed by atoms with Gasteiger partial charge < -0.3 is 34.6 Å². The molecule has 9 heteroatoms. The standard InChI is InChI=1S/C39H41NO8/c1-37-12-10-26(42)15-24(37)6-8-29-31-17-34-39(33(44)19-41,38(31,2)18-32(43)35(29)37)48-36(47-34)30-16-27(7-9-28(30)23-11-13-45-21-23)46-20-22-4-3-5-25(40)14-22/h3-5,7,9-16,21,29,31-32,34-36,41,43H,6,8,17-20,40H2,1-2H3/t29-,31-,32-,34+,35+,36-,37-,38-,39+/m0/s1. The minimum Gasteiger partial charge on any atom is -0.489 e. The fourth-order valence-corrected chi connectivity index (χ4v) is 10.2. The van der Waals surface area contributed by atoms with E-state index in [1.807, 2.05) is 61.5 Å². The number of hydrogen-bond donors (Lipinski definition) is 3. The van der Waals surface area contributed by atoms with Crippen LogP contribution in [-0.2, 0) is 25.7 Å². The molecule has 9 nitrogen and oxygen atoms in total. The van der Waals surface area contributed by atoms with Crippen molar-refractivity contribution in [2.45, 2.75) is 70.2 Å². The molecule has 1 aromatic heterocycles. The molecule has 5 aliphatic rings. The Morgan fingerprint density at radius 3 is 2.77 bits per heavy atom. The zero-order valence-corrected chi connectivity index (χ0v) is 27.1. The summed E-state index contributed by atoms with van der Waals surface area (Å²) in [6.07, 6.45) is 8.64. The molecule has 250 valence electrons. The Hall–Kier alpha value is -4.02. The first-order valence-electron chi connectivity index (χ1n) is 16.8. The summed E-state index contributed by atoms with van der Waals surface area (Å²) in [5, 5.41) is 22.4. The second kappa shape index (κ2) is 11.3. The molecule has 2 heterocycles. The number of anilines is 1. The summed E-state index contributed by atoms with van der Waals surface area (Å²) in [6, 6.07) is 15.0. The van der Waals surface area contributed by atoms with Gasteiger partial charge in [0.25, 0.3) is 0 Å². The average molecular weight is 652 g/mol. The number of rotatable bonds is 7. The molecule has 4 N–H and O–H groups in total. The minimum atomic E-state index is -1.47. The van der Waals surface area contributed by atoms with E-state index in [9.17, 15) is 19.8 Å². The van der Waals surface area contributed by atoms with Crippen molar-refractivity contribution in [3.8, 4) is 16.9 Å². The number of furan rings is 1. The largest absolute Gasteiger partial charge is 0.489 e. The second-order valence-electron chi connectivity index (χ2n) is 14.6. The molecule has 1 saturated heterocycles. The lowest BCUT2D eigenvalue weighted by molar-refractivity contribution is -0.201. The molecule has 2 aromatic carbocycles. The highest BCUT2D eigenvalue weighted by Crippen LogP contribution is 2.70. The number of aliphatic hydroxyl groups is 2. The van der Waals surface area contributed by atoms with Crippen LogP contribution in [0.4, 0.5) is 5.69 Å². The number of aliphatic hydroxyl groups excluding tert-OH is 2. The number of Topliss-reactive ketones (excluding diaryl/α,β-unsaturated/α-hetero) is 1. The number of ether oxygens (including phenoxy) is 3. The Balaban J connectivity index is 1.15. The van der Waals surface area contributed by atoms with Crippen molar-refractivity contribution in [3.05, 3.63) is 96.0 Å². The monoisotopic (exact) mass is 651 g/mol. The van der Waals surface area contributed by atoms with Gasteiger partial charge in [0.1, 0.15) is 19.0 Å². The fraction of sp³-hybridized carbons (Fsp3) is 0.436. The highest BCUT2D eigenvalue weighted by atomic mass is 16.7. The minimum absolute atomic E-state index is 0.00178. The van der Waals surface area contributed by atoms with E-state index in [0.717, 1.165) is 35.1 Å². The first kappa shape index (κ1) is 31.3. The lowest BCUT2D eigenvalue weighted by Gasteiger charge is -2.59. The van der Waals surface area contributed by atoms with E-state index >= 15 is 0 Å². The molecule has 0 unspecified atom stereocenters. The van der Waals surface area contributed by atoms with E-state index in [4.69, 9.17) is 24.4 Å². The van der Waals surface area contributed by atoms with Crippen molar-refractivity contribution >= 4 is 17.3 Å². The molecule has 8 rings (SSSR count). The van der Waals surface area contributed by atoms with Gasteiger partial charge in [-0.05, 0) is 91.1 Å². The first-order chi connectivity index (χ1) is 23.1. The fourth-order valence-electron chi connectivity index (χ4n) is 10.2. The van der Waals surface area contributed by atoms with Crippen LogP contribution >= 0.6 is 0 Å². The summed E-state index contributed by atoms with van der Waals surface area (Å²) < 4.78 is 25.3. The van der Waals surface area contributed by atoms with Crippen LogP contribution in [0, 0.1) is 28.6 Å². The summed E-state index contributed by atoms with van der Waals surface area (Å²) in [7, 11) is 0. The highest BCUT2D eigenvalue weighted by molar-refractivity contribution is 6.01. The predicted molar refractivity (Wildman–Crippen MR) is 176 cm³/mol. The van der Waals surface area contributed by atoms with Gasteiger partial charge in [-0.1, -0.05) is 43.7 Å². The molecule has 48 heavy (non-hydrogen) atoms. The molecule has 0 radical (unpaired) electrons. The van der Waals surface area contributed by atoms with E-state index in [2.05, 4.69) is 6.92 Å². The molecule has 0 spiro atoms. The number of fused-ring (bicyclic) bond motifs is 7. The molecule has 1 aliphatic heterocycles. The van der Waals surface area contributed by atoms with E-state index in [1.165, 1.54) is 0 Å². The lowest BCUT2D eigenvalue weighted by Crippen LogP contribution is -2.63. The number of carbonyl (C=O) groups is 2. The average Bonchev–Trinajstić information content (AvgIpc) is 3.79. The second-order valence-corrected chi connectivity index (χ2v) is 14.6. The van der Waals surface area contributed by atoms with Crippen LogP contribution in [0.5, 0.6) is 5.75 Å². The van der Waals surface area contributed by atoms with Crippen molar-refractivity contribution in [1.82, 2.24) is 0 Å². The highest BCUT2D eigenvalue weighted by Gasteiger charge is 2.76. The van der Waals surface area contributed by atoms with Crippen molar-refractivity contribution in [2.24, 2.45) is 28.6 Å². The first-order valence-corrected chi connectivity index (χ1v) is 16.8. The van der Waals surface area contributed by atoms with Crippen LogP contribution in [0.1, 0.15) is 56.9 Å². The van der Waals surface area contributed by atoms with Crippen LogP contribution in [0.15, 0.2) is 89.3 Å². The van der Waals surface area contributed by atoms with E-state index in [0.29, 0.717) is 36.4 Å². The van der Waals surface area contributed by atoms with Gasteiger partial charge in [0.15, 0.2) is 23.5 Å². The van der Waals surface area contributed by atoms with Gasteiger partial charge in [0.2, 0.25) is 0 Å². The SMILES string of the molecule is C[C@]12C=CC(=O)C=C1CC[C@@H]1[C@@H]2[C@@H](O)C[C@@]2(C)[C@H]1C[C@H]1O[C@H](c3cc(OCc4cccc(N)c4)ccc3-c3ccoc3)O[C@]12C(=O)CO. The van der Waals surface area contributed by atoms with Gasteiger partial charge in [-0.3, -0.25) is 9.59 Å². The molecular weight excluding hydrogens is 610 g/mol. The maximum atomic E-state index is 14.1. The Morgan fingerprint density at radius 2 is 2.00 bits per heavy atom. The summed E-state index contributed by atoms with van der Waals surface area (Å²) >= 11 is 0. The van der Waals surface area contributed by atoms with Gasteiger partial charge in [-0.2, -0.15) is 0 Å². The molecule has 9 atom stereocenters. The van der Waals surface area contributed by atoms with Gasteiger partial charge >= 0.3 is 0 Å². The summed E-state index contributed by atoms with van der Waals surface area (Å²) in [6.45, 7) is 3.76. The van der Waals surface area contributed by atoms with Crippen LogP contribution < -0.4 is 10.5 Å². The Bertz CT molecular complexity index is 1830. The number of ketones is 2. The zero-order valence-electron chi connectivity index (χ0n) is 27.1. The molecular formula is C39H41NO8. The smallest absolute Gasteiger partial charge is 0.193 e. The van der Waals surface area contributed by atoms with E-state index in [-0.39, 0.29) is 23.5 Å². The van der Waals surface area contributed by atoms with E-state index in [1.54, 1.807) is 24.7 Å². The van der Waals surface area contributed by atoms with Crippen LogP contribution in [0.3, 0.4) is 0 Å². The lowest BCUT2D eigenvalue weighted by atomic mass is 9.46. The number of hydrogen-bond acceptors (Lipinski definition) is 9. The summed E-state index contributed by atoms with van der Waals surface area (Å²) in [5.74, 6) is 0.0972. The maximum Gasteiger partial charge on any atom is 0.193 e. The van der Waals surface area contributed by atoms with Crippen molar-refractivity contribution < 1.29 is 38.4 Å². The number of nitrogen functional groups attached to an aromatic ring is 1. The molecule has 4 aliphatic carbocycles. The third-order valence-electron chi connectivity index (χ3n) is 12.3. The summed E-state index contributed by atoms with van der Waals surface area (Å²) in [5.41, 5.74) is 8.18. The zero-order chi connectivity index (χ0) is 33.4. The van der Waals surface area contributed by atoms with Gasteiger partial charge in [0.05, 0.1) is 24.7 Å². The maximum absolute atomic E-state index is 14.1. The van der Waals surface area contributed by atoms with Gasteiger partial charge in [0, 0.05) is 33.6 Å². The molecule has 0 amide bonds. The topological polar surface area (TPSA) is 141 Å². The van der Waals surface area contributed by atoms with E-state index < -0.39 is 47.3 Å². The molecule has 3 saturated carbocycles. The van der Waals surface area contributed by atoms with Crippen LogP contribution in [0.2, 0.25) is 0 Å². The number of benzene rings is 2. The van der Waals surface area contributed by atoms with Gasteiger partial charge in [-0.25, -0.2) is 0 Å². The van der Waals surface area contributed by atoms with Crippen molar-refractivity contribution in [1.29, 1.82) is 0 Å². The van der Waals surface area contributed by atoms with Crippen molar-refractivity contribution in [2.75, 3.05) is 12.3 Å². The third-order valence-corrected chi connectivity index (χ3v) is 12.3. The quantitative estimate of drug-likeness (QED) is 0.274. The third kappa shape index (κ3) is 4.51. The van der Waals surface area contributed by atoms with Crippen LogP contribution in [0.25, 0.3) is 11.1 Å².